The fourth-order valence-corrected chi connectivity index (χ4v) is 5.09. The lowest BCUT2D eigenvalue weighted by molar-refractivity contribution is -0.117. The molecule has 1 atom stereocenters. The van der Waals surface area contributed by atoms with Gasteiger partial charge >= 0.3 is 0 Å². The molecule has 3 aliphatic rings. The second-order valence-electron chi connectivity index (χ2n) is 9.34. The number of thiazole rings is 1. The van der Waals surface area contributed by atoms with E-state index in [0.29, 0.717) is 41.3 Å². The molecule has 3 aromatic rings. The number of aromatic amines is 1. The number of nitrogens with zero attached hydrogens (tertiary/aromatic N) is 8. The molecule has 0 unspecified atom stereocenters. The number of carbonyl (C=O) groups excluding carboxylic acids is 1. The van der Waals surface area contributed by atoms with Crippen LogP contribution in [0.15, 0.2) is 17.6 Å². The van der Waals surface area contributed by atoms with Crippen LogP contribution in [0.1, 0.15) is 37.3 Å². The van der Waals surface area contributed by atoms with Crippen LogP contribution < -0.4 is 20.4 Å². The fourth-order valence-electron chi connectivity index (χ4n) is 4.56. The first kappa shape index (κ1) is 22.2. The Morgan fingerprint density at radius 1 is 1.09 bits per heavy atom. The monoisotopic (exact) mass is 495 g/mol. The molecule has 184 valence electrons. The van der Waals surface area contributed by atoms with Crippen molar-refractivity contribution in [3.63, 3.8) is 0 Å². The average Bonchev–Trinajstić information content (AvgIpc) is 3.24. The van der Waals surface area contributed by atoms with Crippen LogP contribution in [-0.4, -0.2) is 86.8 Å². The van der Waals surface area contributed by atoms with Crippen molar-refractivity contribution < 1.29 is 4.79 Å². The minimum Gasteiger partial charge on any atom is -0.338 e. The van der Waals surface area contributed by atoms with Gasteiger partial charge in [0.25, 0.3) is 0 Å². The van der Waals surface area contributed by atoms with Crippen molar-refractivity contribution in [2.45, 2.75) is 37.6 Å². The van der Waals surface area contributed by atoms with Crippen molar-refractivity contribution in [3.8, 4) is 0 Å². The number of nitrogens with one attached hydrogen (secondary N) is 3. The Bertz CT molecular complexity index is 1170. The molecule has 0 aromatic carbocycles. The highest BCUT2D eigenvalue weighted by atomic mass is 32.1. The van der Waals surface area contributed by atoms with E-state index in [4.69, 9.17) is 15.0 Å². The molecule has 12 nitrogen and oxygen atoms in total. The van der Waals surface area contributed by atoms with E-state index in [1.54, 1.807) is 6.20 Å². The molecule has 0 spiro atoms. The molecule has 0 radical (unpaired) electrons. The first-order chi connectivity index (χ1) is 17.1. The summed E-state index contributed by atoms with van der Waals surface area (Å²) in [4.78, 5) is 38.0. The third kappa shape index (κ3) is 4.91. The van der Waals surface area contributed by atoms with E-state index in [1.165, 1.54) is 24.2 Å². The lowest BCUT2D eigenvalue weighted by atomic mass is 10.2. The Balaban J connectivity index is 1.28. The Labute approximate surface area is 207 Å². The number of piperazine rings is 1. The Hall–Kier alpha value is -3.32. The Morgan fingerprint density at radius 3 is 2.69 bits per heavy atom. The number of H-pyrrole nitrogens is 1. The summed E-state index contributed by atoms with van der Waals surface area (Å²) in [5.41, 5.74) is 1.14. The second kappa shape index (κ2) is 9.38. The zero-order chi connectivity index (χ0) is 23.8. The molecule has 6 rings (SSSR count). The van der Waals surface area contributed by atoms with E-state index in [1.807, 2.05) is 16.3 Å². The van der Waals surface area contributed by atoms with Gasteiger partial charge in [0.1, 0.15) is 6.04 Å². The summed E-state index contributed by atoms with van der Waals surface area (Å²) >= 11 is 1.41. The predicted molar refractivity (Wildman–Crippen MR) is 134 cm³/mol. The van der Waals surface area contributed by atoms with Gasteiger partial charge in [0, 0.05) is 62.0 Å². The van der Waals surface area contributed by atoms with Crippen LogP contribution >= 0.6 is 11.3 Å². The molecule has 2 saturated heterocycles. The van der Waals surface area contributed by atoms with Crippen molar-refractivity contribution in [1.29, 1.82) is 0 Å². The molecule has 1 saturated carbocycles. The van der Waals surface area contributed by atoms with E-state index < -0.39 is 0 Å². The minimum absolute atomic E-state index is 0.0881. The number of hydrogen-bond donors (Lipinski definition) is 3. The van der Waals surface area contributed by atoms with Gasteiger partial charge in [-0.15, -0.1) is 11.3 Å². The first-order valence-corrected chi connectivity index (χ1v) is 13.0. The summed E-state index contributed by atoms with van der Waals surface area (Å²) in [6.07, 6.45) is 5.70. The molecule has 0 bridgehead atoms. The zero-order valence-corrected chi connectivity index (χ0v) is 20.5. The SMILES string of the molecule is CN1CCN(c2nc(Nc3cc(C4CC4)[nH]n3)nc(N3CCC[C@H]3C(=O)Nc3nccs3)n2)CC1. The quantitative estimate of drug-likeness (QED) is 0.447. The summed E-state index contributed by atoms with van der Waals surface area (Å²) in [7, 11) is 2.12. The number of hydrogen-bond acceptors (Lipinski definition) is 11. The van der Waals surface area contributed by atoms with Crippen LogP contribution in [0.3, 0.4) is 0 Å². The van der Waals surface area contributed by atoms with E-state index >= 15 is 0 Å². The number of rotatable bonds is 7. The smallest absolute Gasteiger partial charge is 0.248 e. The summed E-state index contributed by atoms with van der Waals surface area (Å²) < 4.78 is 0. The van der Waals surface area contributed by atoms with Crippen molar-refractivity contribution in [2.75, 3.05) is 60.2 Å². The van der Waals surface area contributed by atoms with Gasteiger partial charge in [-0.05, 0) is 32.7 Å². The van der Waals surface area contributed by atoms with Crippen LogP contribution in [0.4, 0.5) is 28.8 Å². The highest BCUT2D eigenvalue weighted by Crippen LogP contribution is 2.39. The van der Waals surface area contributed by atoms with Crippen LogP contribution in [-0.2, 0) is 4.79 Å². The number of likely N-dealkylation sites (N-methyl/N-ethyl adjacent to an activating group) is 1. The molecule has 35 heavy (non-hydrogen) atoms. The summed E-state index contributed by atoms with van der Waals surface area (Å²) in [5, 5.41) is 16.1. The molecule has 2 aliphatic heterocycles. The van der Waals surface area contributed by atoms with Crippen molar-refractivity contribution >= 4 is 46.0 Å². The van der Waals surface area contributed by atoms with Gasteiger partial charge < -0.3 is 25.3 Å². The first-order valence-electron chi connectivity index (χ1n) is 12.1. The van der Waals surface area contributed by atoms with Crippen LogP contribution in [0.2, 0.25) is 0 Å². The summed E-state index contributed by atoms with van der Waals surface area (Å²) in [6, 6.07) is 1.66. The maximum atomic E-state index is 13.1. The lowest BCUT2D eigenvalue weighted by Crippen LogP contribution is -2.45. The van der Waals surface area contributed by atoms with E-state index in [2.05, 4.69) is 42.7 Å². The van der Waals surface area contributed by atoms with Gasteiger partial charge in [0.2, 0.25) is 23.8 Å². The maximum absolute atomic E-state index is 13.1. The average molecular weight is 496 g/mol. The van der Waals surface area contributed by atoms with Gasteiger partial charge in [-0.1, -0.05) is 0 Å². The molecule has 3 N–H and O–H groups in total. The Kier molecular flexibility index (Phi) is 5.94. The molecule has 3 aromatic heterocycles. The van der Waals surface area contributed by atoms with Gasteiger partial charge in [-0.3, -0.25) is 9.89 Å². The summed E-state index contributed by atoms with van der Waals surface area (Å²) in [6.45, 7) is 4.26. The molecular formula is C22H29N11OS. The molecule has 1 aliphatic carbocycles. The van der Waals surface area contributed by atoms with Crippen molar-refractivity contribution in [1.82, 2.24) is 35.0 Å². The molecule has 1 amide bonds. The third-order valence-corrected chi connectivity index (χ3v) is 7.42. The molecular weight excluding hydrogens is 466 g/mol. The van der Waals surface area contributed by atoms with Gasteiger partial charge in [0.05, 0.1) is 0 Å². The molecule has 5 heterocycles. The molecule has 3 fully saturated rings. The molecule has 13 heteroatoms. The van der Waals surface area contributed by atoms with Gasteiger partial charge in [-0.25, -0.2) is 4.98 Å². The zero-order valence-electron chi connectivity index (χ0n) is 19.6. The number of anilines is 5. The number of amides is 1. The summed E-state index contributed by atoms with van der Waals surface area (Å²) in [5.74, 6) is 2.74. The highest BCUT2D eigenvalue weighted by Gasteiger charge is 2.34. The topological polar surface area (TPSA) is 131 Å². The third-order valence-electron chi connectivity index (χ3n) is 6.73. The second-order valence-corrected chi connectivity index (χ2v) is 10.2. The van der Waals surface area contributed by atoms with E-state index in [9.17, 15) is 4.79 Å². The normalized spacial score (nSPS) is 20.9. The standard InChI is InChI=1S/C22H29N11OS/c1-31-8-10-32(11-9-31)20-26-19(24-17-13-15(29-30-17)14-4-5-14)27-21(28-20)33-7-2-3-16(33)18(34)25-22-23-6-12-35-22/h6,12-14,16H,2-5,7-11H2,1H3,(H,23,25,34)(H2,24,26,27,28,29,30)/t16-/m0/s1. The highest BCUT2D eigenvalue weighted by molar-refractivity contribution is 7.13. The largest absolute Gasteiger partial charge is 0.338 e. The van der Waals surface area contributed by atoms with Crippen LogP contribution in [0.5, 0.6) is 0 Å². The van der Waals surface area contributed by atoms with Gasteiger partial charge in [-0.2, -0.15) is 20.1 Å². The number of aromatic nitrogens is 6. The van der Waals surface area contributed by atoms with Crippen molar-refractivity contribution in [3.05, 3.63) is 23.3 Å². The van der Waals surface area contributed by atoms with Crippen LogP contribution in [0, 0.1) is 0 Å². The number of carbonyl (C=O) groups is 1. The van der Waals surface area contributed by atoms with E-state index in [-0.39, 0.29) is 11.9 Å². The van der Waals surface area contributed by atoms with Gasteiger partial charge in [0.15, 0.2) is 10.9 Å². The predicted octanol–water partition coefficient (Wildman–Crippen LogP) is 2.03. The lowest BCUT2D eigenvalue weighted by Gasteiger charge is -2.33. The Morgan fingerprint density at radius 2 is 1.91 bits per heavy atom. The van der Waals surface area contributed by atoms with E-state index in [0.717, 1.165) is 44.7 Å². The maximum Gasteiger partial charge on any atom is 0.248 e. The van der Waals surface area contributed by atoms with Crippen molar-refractivity contribution in [2.24, 2.45) is 0 Å². The van der Waals surface area contributed by atoms with Crippen LogP contribution in [0.25, 0.3) is 0 Å². The minimum atomic E-state index is -0.360. The fraction of sp³-hybridized carbons (Fsp3) is 0.545.